The highest BCUT2D eigenvalue weighted by atomic mass is 16.4. The minimum Gasteiger partial charge on any atom is -0.481 e. The maximum Gasteiger partial charge on any atom is 0.303 e. The van der Waals surface area contributed by atoms with E-state index in [1.165, 1.54) is 6.42 Å². The molecule has 3 nitrogen and oxygen atoms in total. The van der Waals surface area contributed by atoms with E-state index in [0.717, 1.165) is 25.7 Å². The van der Waals surface area contributed by atoms with Gasteiger partial charge in [-0.3, -0.25) is 4.79 Å². The Bertz CT molecular complexity index is 228. The highest BCUT2D eigenvalue weighted by molar-refractivity contribution is 5.67. The Morgan fingerprint density at radius 2 is 2.33 bits per heavy atom. The number of hydrogen-bond donors (Lipinski definition) is 2. The van der Waals surface area contributed by atoms with E-state index in [9.17, 15) is 4.79 Å². The summed E-state index contributed by atoms with van der Waals surface area (Å²) in [6, 6.07) is -0.0112. The molecule has 15 heavy (non-hydrogen) atoms. The van der Waals surface area contributed by atoms with E-state index >= 15 is 0 Å². The van der Waals surface area contributed by atoms with Crippen LogP contribution < -0.4 is 5.73 Å². The average molecular weight is 213 g/mol. The average Bonchev–Trinajstić information content (AvgIpc) is 2.16. The van der Waals surface area contributed by atoms with Gasteiger partial charge in [0, 0.05) is 6.04 Å². The summed E-state index contributed by atoms with van der Waals surface area (Å²) in [4.78, 5) is 10.9. The molecule has 3 unspecified atom stereocenters. The van der Waals surface area contributed by atoms with Crippen LogP contribution in [0.3, 0.4) is 0 Å². The van der Waals surface area contributed by atoms with Crippen molar-refractivity contribution in [1.82, 2.24) is 0 Å². The summed E-state index contributed by atoms with van der Waals surface area (Å²) in [6.07, 6.45) is 5.73. The SMILES string of the molecule is CCC1CCCC(CC(=O)O)(C(C)N)C1. The lowest BCUT2D eigenvalue weighted by Crippen LogP contribution is -2.44. The number of carboxylic acid groups (broad SMARTS) is 1. The summed E-state index contributed by atoms with van der Waals surface area (Å²) in [5.41, 5.74) is 5.86. The fourth-order valence-electron chi connectivity index (χ4n) is 2.91. The van der Waals surface area contributed by atoms with Crippen molar-refractivity contribution in [3.8, 4) is 0 Å². The zero-order valence-electron chi connectivity index (χ0n) is 9.83. The normalized spacial score (nSPS) is 33.7. The highest BCUT2D eigenvalue weighted by Gasteiger charge is 2.40. The molecule has 0 spiro atoms. The van der Waals surface area contributed by atoms with Crippen LogP contribution in [-0.4, -0.2) is 17.1 Å². The fourth-order valence-corrected chi connectivity index (χ4v) is 2.91. The van der Waals surface area contributed by atoms with E-state index in [1.54, 1.807) is 0 Å². The summed E-state index contributed by atoms with van der Waals surface area (Å²) in [5, 5.41) is 8.98. The Morgan fingerprint density at radius 1 is 1.67 bits per heavy atom. The molecule has 1 saturated carbocycles. The second-order valence-electron chi connectivity index (χ2n) is 5.09. The predicted octanol–water partition coefficient (Wildman–Crippen LogP) is 2.39. The van der Waals surface area contributed by atoms with Crippen LogP contribution >= 0.6 is 0 Å². The third kappa shape index (κ3) is 2.94. The Kier molecular flexibility index (Phi) is 4.14. The Balaban J connectivity index is 2.75. The van der Waals surface area contributed by atoms with Crippen LogP contribution in [0.4, 0.5) is 0 Å². The lowest BCUT2D eigenvalue weighted by Gasteiger charge is -2.43. The first kappa shape index (κ1) is 12.5. The fraction of sp³-hybridized carbons (Fsp3) is 0.917. The van der Waals surface area contributed by atoms with Gasteiger partial charge in [0.05, 0.1) is 6.42 Å². The lowest BCUT2D eigenvalue weighted by molar-refractivity contribution is -0.141. The van der Waals surface area contributed by atoms with Crippen molar-refractivity contribution < 1.29 is 9.90 Å². The quantitative estimate of drug-likeness (QED) is 0.753. The molecule has 0 aromatic heterocycles. The molecule has 0 saturated heterocycles. The third-order valence-electron chi connectivity index (χ3n) is 4.03. The lowest BCUT2D eigenvalue weighted by atomic mass is 9.64. The second kappa shape index (κ2) is 4.97. The number of aliphatic carboxylic acids is 1. The first-order chi connectivity index (χ1) is 7.00. The molecule has 88 valence electrons. The number of rotatable bonds is 4. The minimum atomic E-state index is -0.705. The van der Waals surface area contributed by atoms with Crippen LogP contribution in [0.15, 0.2) is 0 Å². The maximum atomic E-state index is 10.9. The Labute approximate surface area is 92.0 Å². The van der Waals surface area contributed by atoms with E-state index in [2.05, 4.69) is 6.92 Å². The summed E-state index contributed by atoms with van der Waals surface area (Å²) in [7, 11) is 0. The van der Waals surface area contributed by atoms with Crippen LogP contribution in [0.25, 0.3) is 0 Å². The van der Waals surface area contributed by atoms with Crippen molar-refractivity contribution in [2.45, 2.75) is 58.4 Å². The molecule has 0 heterocycles. The molecule has 3 atom stereocenters. The summed E-state index contributed by atoms with van der Waals surface area (Å²) in [5.74, 6) is -0.0341. The predicted molar refractivity (Wildman–Crippen MR) is 60.6 cm³/mol. The van der Waals surface area contributed by atoms with Crippen LogP contribution in [0, 0.1) is 11.3 Å². The van der Waals surface area contributed by atoms with Gasteiger partial charge in [-0.1, -0.05) is 26.2 Å². The van der Waals surface area contributed by atoms with Gasteiger partial charge in [0.1, 0.15) is 0 Å². The van der Waals surface area contributed by atoms with E-state index < -0.39 is 5.97 Å². The summed E-state index contributed by atoms with van der Waals surface area (Å²) < 4.78 is 0. The molecule has 1 rings (SSSR count). The molecule has 0 amide bonds. The molecule has 1 fully saturated rings. The van der Waals surface area contributed by atoms with Crippen LogP contribution in [-0.2, 0) is 4.79 Å². The van der Waals surface area contributed by atoms with E-state index in [1.807, 2.05) is 6.92 Å². The minimum absolute atomic E-state index is 0.0112. The number of nitrogens with two attached hydrogens (primary N) is 1. The second-order valence-corrected chi connectivity index (χ2v) is 5.09. The van der Waals surface area contributed by atoms with Gasteiger partial charge in [0.25, 0.3) is 0 Å². The zero-order valence-corrected chi connectivity index (χ0v) is 9.83. The molecule has 0 radical (unpaired) electrons. The van der Waals surface area contributed by atoms with E-state index in [-0.39, 0.29) is 17.9 Å². The zero-order chi connectivity index (χ0) is 11.5. The van der Waals surface area contributed by atoms with Crippen molar-refractivity contribution in [3.63, 3.8) is 0 Å². The maximum absolute atomic E-state index is 10.9. The highest BCUT2D eigenvalue weighted by Crippen LogP contribution is 2.45. The largest absolute Gasteiger partial charge is 0.481 e. The first-order valence-electron chi connectivity index (χ1n) is 5.97. The van der Waals surface area contributed by atoms with Crippen LogP contribution in [0.1, 0.15) is 52.4 Å². The summed E-state index contributed by atoms with van der Waals surface area (Å²) in [6.45, 7) is 4.14. The molecule has 0 aromatic rings. The molecule has 1 aliphatic rings. The van der Waals surface area contributed by atoms with Gasteiger partial charge < -0.3 is 10.8 Å². The monoisotopic (exact) mass is 213 g/mol. The number of hydrogen-bond acceptors (Lipinski definition) is 2. The first-order valence-corrected chi connectivity index (χ1v) is 5.97. The topological polar surface area (TPSA) is 63.3 Å². The smallest absolute Gasteiger partial charge is 0.303 e. The summed E-state index contributed by atoms with van der Waals surface area (Å²) >= 11 is 0. The van der Waals surface area contributed by atoms with Crippen molar-refractivity contribution in [2.24, 2.45) is 17.1 Å². The number of carboxylic acids is 1. The van der Waals surface area contributed by atoms with E-state index in [4.69, 9.17) is 10.8 Å². The van der Waals surface area contributed by atoms with Gasteiger partial charge >= 0.3 is 5.97 Å². The van der Waals surface area contributed by atoms with Gasteiger partial charge in [-0.15, -0.1) is 0 Å². The molecule has 1 aliphatic carbocycles. The van der Waals surface area contributed by atoms with E-state index in [0.29, 0.717) is 5.92 Å². The Hall–Kier alpha value is -0.570. The van der Waals surface area contributed by atoms with Gasteiger partial charge in [-0.2, -0.15) is 0 Å². The van der Waals surface area contributed by atoms with Crippen molar-refractivity contribution in [2.75, 3.05) is 0 Å². The molecular weight excluding hydrogens is 190 g/mol. The Morgan fingerprint density at radius 3 is 2.80 bits per heavy atom. The molecule has 0 bridgehead atoms. The number of carbonyl (C=O) groups is 1. The van der Waals surface area contributed by atoms with Gasteiger partial charge in [0.2, 0.25) is 0 Å². The molecule has 3 heteroatoms. The van der Waals surface area contributed by atoms with Gasteiger partial charge in [0.15, 0.2) is 0 Å². The van der Waals surface area contributed by atoms with Crippen molar-refractivity contribution >= 4 is 5.97 Å². The van der Waals surface area contributed by atoms with Crippen molar-refractivity contribution in [3.05, 3.63) is 0 Å². The van der Waals surface area contributed by atoms with Gasteiger partial charge in [-0.25, -0.2) is 0 Å². The third-order valence-corrected chi connectivity index (χ3v) is 4.03. The van der Waals surface area contributed by atoms with Crippen LogP contribution in [0.2, 0.25) is 0 Å². The van der Waals surface area contributed by atoms with Crippen LogP contribution in [0.5, 0.6) is 0 Å². The van der Waals surface area contributed by atoms with Crippen molar-refractivity contribution in [1.29, 1.82) is 0 Å². The molecule has 0 aromatic carbocycles. The molecule has 3 N–H and O–H groups in total. The standard InChI is InChI=1S/C12H23NO2/c1-3-10-5-4-6-12(7-10,9(2)13)8-11(14)15/h9-10H,3-8,13H2,1-2H3,(H,14,15). The molecular formula is C12H23NO2. The van der Waals surface area contributed by atoms with Gasteiger partial charge in [-0.05, 0) is 31.1 Å². The molecule has 0 aliphatic heterocycles.